The first-order valence-corrected chi connectivity index (χ1v) is 10.8. The van der Waals surface area contributed by atoms with Crippen molar-refractivity contribution in [2.75, 3.05) is 32.8 Å². The molecule has 1 aromatic carbocycles. The maximum Gasteiger partial charge on any atom is 0.251 e. The summed E-state index contributed by atoms with van der Waals surface area (Å²) in [6.45, 7) is 6.56. The predicted molar refractivity (Wildman–Crippen MR) is 105 cm³/mol. The number of amides is 1. The fraction of sp³-hybridized carbons (Fsp3) is 0.474. The Bertz CT molecular complexity index is 933. The van der Waals surface area contributed by atoms with Crippen molar-refractivity contribution in [2.24, 2.45) is 0 Å². The van der Waals surface area contributed by atoms with Gasteiger partial charge < -0.3 is 10.1 Å². The number of hydrogen-bond acceptors (Lipinski definition) is 5. The molecule has 1 amide bonds. The van der Waals surface area contributed by atoms with Crippen molar-refractivity contribution in [3.05, 3.63) is 47.3 Å². The maximum absolute atomic E-state index is 12.7. The smallest absolute Gasteiger partial charge is 0.251 e. The quantitative estimate of drug-likeness (QED) is 0.701. The largest absolute Gasteiger partial charge is 0.379 e. The number of aryl methyl sites for hydroxylation is 3. The van der Waals surface area contributed by atoms with Crippen molar-refractivity contribution in [3.63, 3.8) is 0 Å². The highest BCUT2D eigenvalue weighted by Gasteiger charge is 2.26. The zero-order valence-corrected chi connectivity index (χ0v) is 17.0. The Kier molecular flexibility index (Phi) is 6.48. The van der Waals surface area contributed by atoms with Gasteiger partial charge in [-0.1, -0.05) is 6.07 Å². The molecule has 0 radical (unpaired) electrons. The van der Waals surface area contributed by atoms with Gasteiger partial charge in [-0.05, 0) is 44.5 Å². The van der Waals surface area contributed by atoms with Crippen LogP contribution in [0.25, 0.3) is 0 Å². The summed E-state index contributed by atoms with van der Waals surface area (Å²) in [7, 11) is -3.62. The van der Waals surface area contributed by atoms with Crippen LogP contribution in [0.3, 0.4) is 0 Å². The van der Waals surface area contributed by atoms with Crippen LogP contribution in [0, 0.1) is 13.8 Å². The molecule has 3 rings (SSSR count). The van der Waals surface area contributed by atoms with Gasteiger partial charge in [0.05, 0.1) is 23.8 Å². The Morgan fingerprint density at radius 1 is 1.21 bits per heavy atom. The molecule has 1 aliphatic rings. The van der Waals surface area contributed by atoms with Crippen molar-refractivity contribution in [1.82, 2.24) is 19.4 Å². The van der Waals surface area contributed by atoms with Gasteiger partial charge in [0.1, 0.15) is 0 Å². The molecule has 0 saturated carbocycles. The number of carbonyl (C=O) groups is 1. The SMILES string of the molecule is Cc1cc(C)n(CCCNC(=O)c2cccc(S(=O)(=O)N3CCOCC3)c2)n1. The summed E-state index contributed by atoms with van der Waals surface area (Å²) >= 11 is 0. The third-order valence-corrected chi connectivity index (χ3v) is 6.53. The number of sulfonamides is 1. The molecule has 152 valence electrons. The number of hydrogen-bond donors (Lipinski definition) is 1. The zero-order valence-electron chi connectivity index (χ0n) is 16.2. The van der Waals surface area contributed by atoms with Crippen molar-refractivity contribution in [3.8, 4) is 0 Å². The minimum atomic E-state index is -3.62. The Morgan fingerprint density at radius 2 is 1.96 bits per heavy atom. The first kappa shape index (κ1) is 20.5. The molecule has 0 bridgehead atoms. The van der Waals surface area contributed by atoms with Crippen LogP contribution in [0.1, 0.15) is 28.2 Å². The number of nitrogens with one attached hydrogen (secondary N) is 1. The van der Waals surface area contributed by atoms with Gasteiger partial charge in [0.2, 0.25) is 10.0 Å². The third-order valence-electron chi connectivity index (χ3n) is 4.64. The van der Waals surface area contributed by atoms with Gasteiger partial charge in [-0.25, -0.2) is 8.42 Å². The van der Waals surface area contributed by atoms with E-state index in [0.29, 0.717) is 45.0 Å². The molecular formula is C19H26N4O4S. The lowest BCUT2D eigenvalue weighted by Crippen LogP contribution is -2.40. The van der Waals surface area contributed by atoms with E-state index >= 15 is 0 Å². The summed E-state index contributed by atoms with van der Waals surface area (Å²) in [6, 6.07) is 8.18. The van der Waals surface area contributed by atoms with Crippen LogP contribution >= 0.6 is 0 Å². The summed E-state index contributed by atoms with van der Waals surface area (Å²) in [5, 5.41) is 7.24. The van der Waals surface area contributed by atoms with E-state index < -0.39 is 10.0 Å². The number of aromatic nitrogens is 2. The lowest BCUT2D eigenvalue weighted by atomic mass is 10.2. The molecule has 0 atom stereocenters. The highest BCUT2D eigenvalue weighted by Crippen LogP contribution is 2.18. The molecule has 1 aliphatic heterocycles. The van der Waals surface area contributed by atoms with E-state index in [1.807, 2.05) is 24.6 Å². The average Bonchev–Trinajstić information content (AvgIpc) is 3.03. The van der Waals surface area contributed by atoms with E-state index in [9.17, 15) is 13.2 Å². The second kappa shape index (κ2) is 8.85. The molecule has 2 aromatic rings. The van der Waals surface area contributed by atoms with Crippen LogP contribution < -0.4 is 5.32 Å². The minimum absolute atomic E-state index is 0.129. The van der Waals surface area contributed by atoms with E-state index in [4.69, 9.17) is 4.74 Å². The lowest BCUT2D eigenvalue weighted by molar-refractivity contribution is 0.0730. The Hall–Kier alpha value is -2.23. The summed E-state index contributed by atoms with van der Waals surface area (Å²) in [4.78, 5) is 12.5. The van der Waals surface area contributed by atoms with E-state index in [-0.39, 0.29) is 10.8 Å². The molecule has 8 nitrogen and oxygen atoms in total. The van der Waals surface area contributed by atoms with Crippen LogP contribution in [0.4, 0.5) is 0 Å². The fourth-order valence-electron chi connectivity index (χ4n) is 3.17. The second-order valence-corrected chi connectivity index (χ2v) is 8.74. The van der Waals surface area contributed by atoms with E-state index in [1.165, 1.54) is 16.4 Å². The second-order valence-electron chi connectivity index (χ2n) is 6.80. The molecule has 28 heavy (non-hydrogen) atoms. The number of benzene rings is 1. The van der Waals surface area contributed by atoms with Gasteiger partial charge >= 0.3 is 0 Å². The molecule has 1 N–H and O–H groups in total. The maximum atomic E-state index is 12.7. The molecule has 1 fully saturated rings. The number of carbonyl (C=O) groups excluding carboxylic acids is 1. The summed E-state index contributed by atoms with van der Waals surface area (Å²) < 4.78 is 34.0. The molecular weight excluding hydrogens is 380 g/mol. The van der Waals surface area contributed by atoms with Crippen molar-refractivity contribution >= 4 is 15.9 Å². The first-order valence-electron chi connectivity index (χ1n) is 9.35. The predicted octanol–water partition coefficient (Wildman–Crippen LogP) is 1.34. The van der Waals surface area contributed by atoms with Crippen LogP contribution in [-0.4, -0.2) is 61.3 Å². The lowest BCUT2D eigenvalue weighted by Gasteiger charge is -2.26. The van der Waals surface area contributed by atoms with Crippen molar-refractivity contribution in [1.29, 1.82) is 0 Å². The summed E-state index contributed by atoms with van der Waals surface area (Å²) in [6.07, 6.45) is 0.736. The highest BCUT2D eigenvalue weighted by molar-refractivity contribution is 7.89. The van der Waals surface area contributed by atoms with Gasteiger partial charge in [-0.3, -0.25) is 9.48 Å². The van der Waals surface area contributed by atoms with Gasteiger partial charge in [-0.2, -0.15) is 9.40 Å². The molecule has 1 saturated heterocycles. The molecule has 9 heteroatoms. The number of ether oxygens (including phenoxy) is 1. The van der Waals surface area contributed by atoms with Crippen LogP contribution in [0.2, 0.25) is 0 Å². The van der Waals surface area contributed by atoms with Crippen LogP contribution in [-0.2, 0) is 21.3 Å². The Labute approximate surface area is 165 Å². The Morgan fingerprint density at radius 3 is 2.64 bits per heavy atom. The van der Waals surface area contributed by atoms with Crippen LogP contribution in [0.15, 0.2) is 35.2 Å². The number of morpholine rings is 1. The van der Waals surface area contributed by atoms with Gasteiger partial charge in [0.25, 0.3) is 5.91 Å². The third kappa shape index (κ3) is 4.78. The molecule has 0 spiro atoms. The monoisotopic (exact) mass is 406 g/mol. The van der Waals surface area contributed by atoms with Crippen molar-refractivity contribution < 1.29 is 17.9 Å². The average molecular weight is 407 g/mol. The van der Waals surface area contributed by atoms with E-state index in [0.717, 1.165) is 17.8 Å². The first-order chi connectivity index (χ1) is 13.4. The molecule has 0 aliphatic carbocycles. The van der Waals surface area contributed by atoms with E-state index in [1.54, 1.807) is 12.1 Å². The summed E-state index contributed by atoms with van der Waals surface area (Å²) in [5.74, 6) is -0.285. The van der Waals surface area contributed by atoms with Crippen molar-refractivity contribution in [2.45, 2.75) is 31.7 Å². The Balaban J connectivity index is 1.58. The standard InChI is InChI=1S/C19H26N4O4S/c1-15-13-16(2)23(21-15)8-4-7-20-19(24)17-5-3-6-18(14-17)28(25,26)22-9-11-27-12-10-22/h3,5-6,13-14H,4,7-12H2,1-2H3,(H,20,24). The molecule has 0 unspecified atom stereocenters. The highest BCUT2D eigenvalue weighted by atomic mass is 32.2. The van der Waals surface area contributed by atoms with Gasteiger partial charge in [0, 0.05) is 37.4 Å². The summed E-state index contributed by atoms with van der Waals surface area (Å²) in [5.41, 5.74) is 2.39. The molecule has 1 aromatic heterocycles. The van der Waals surface area contributed by atoms with Crippen LogP contribution in [0.5, 0.6) is 0 Å². The van der Waals surface area contributed by atoms with Gasteiger partial charge in [0.15, 0.2) is 0 Å². The van der Waals surface area contributed by atoms with E-state index in [2.05, 4.69) is 10.4 Å². The van der Waals surface area contributed by atoms with Gasteiger partial charge in [-0.15, -0.1) is 0 Å². The molecule has 2 heterocycles. The zero-order chi connectivity index (χ0) is 20.1. The topological polar surface area (TPSA) is 93.5 Å². The minimum Gasteiger partial charge on any atom is -0.379 e. The number of rotatable bonds is 7. The number of nitrogens with zero attached hydrogens (tertiary/aromatic N) is 3. The fourth-order valence-corrected chi connectivity index (χ4v) is 4.62. The normalized spacial score (nSPS) is 15.5.